The predicted molar refractivity (Wildman–Crippen MR) is 166 cm³/mol. The summed E-state index contributed by atoms with van der Waals surface area (Å²) in [5, 5.41) is 19.7. The fourth-order valence-corrected chi connectivity index (χ4v) is 4.74. The number of phenolic OH excluding ortho intramolecular Hbond substituents is 1. The van der Waals surface area contributed by atoms with Crippen molar-refractivity contribution < 1.29 is 24.2 Å². The highest BCUT2D eigenvalue weighted by atomic mass is 35.5. The molecule has 0 saturated heterocycles. The third kappa shape index (κ3) is 6.57. The number of nitrogens with one attached hydrogen (secondary N) is 2. The Kier molecular flexibility index (Phi) is 9.06. The number of benzene rings is 5. The fourth-order valence-electron chi connectivity index (χ4n) is 4.57. The average Bonchev–Trinajstić information content (AvgIpc) is 3.00. The van der Waals surface area contributed by atoms with Crippen molar-refractivity contribution in [3.8, 4) is 17.2 Å². The van der Waals surface area contributed by atoms with Gasteiger partial charge in [-0.2, -0.15) is 0 Å². The Morgan fingerprint density at radius 2 is 1.52 bits per heavy atom. The van der Waals surface area contributed by atoms with E-state index in [9.17, 15) is 14.7 Å². The Hall–Kier alpha value is -4.79. The van der Waals surface area contributed by atoms with Gasteiger partial charge in [-0.15, -0.1) is 0 Å². The van der Waals surface area contributed by atoms with E-state index in [2.05, 4.69) is 10.6 Å². The SMILES string of the molecule is NCCCOc1c(C(=O)NCCOc2cc3ccccc3cc2C(=O)Nc2ccc(Cl)cc2O)ccc2ccccc12. The Balaban J connectivity index is 1.31. The molecule has 0 atom stereocenters. The van der Waals surface area contributed by atoms with Crippen LogP contribution < -0.4 is 25.8 Å². The fraction of sp³-hybridized carbons (Fsp3) is 0.152. The number of fused-ring (bicyclic) bond motifs is 2. The molecule has 0 unspecified atom stereocenters. The van der Waals surface area contributed by atoms with Crippen molar-refractivity contribution in [2.45, 2.75) is 6.42 Å². The maximum Gasteiger partial charge on any atom is 0.259 e. The van der Waals surface area contributed by atoms with E-state index in [0.717, 1.165) is 21.5 Å². The van der Waals surface area contributed by atoms with Gasteiger partial charge in [-0.3, -0.25) is 9.59 Å². The second kappa shape index (κ2) is 13.2. The largest absolute Gasteiger partial charge is 0.506 e. The summed E-state index contributed by atoms with van der Waals surface area (Å²) in [6.07, 6.45) is 0.664. The zero-order valence-corrected chi connectivity index (χ0v) is 23.5. The van der Waals surface area contributed by atoms with Gasteiger partial charge in [-0.1, -0.05) is 66.2 Å². The minimum Gasteiger partial charge on any atom is -0.506 e. The molecule has 9 heteroatoms. The summed E-state index contributed by atoms with van der Waals surface area (Å²) in [5.41, 5.74) is 6.54. The van der Waals surface area contributed by atoms with Crippen LogP contribution in [-0.2, 0) is 0 Å². The van der Waals surface area contributed by atoms with Crippen molar-refractivity contribution in [2.75, 3.05) is 31.6 Å². The molecule has 5 N–H and O–H groups in total. The first-order chi connectivity index (χ1) is 20.4. The summed E-state index contributed by atoms with van der Waals surface area (Å²) in [4.78, 5) is 26.5. The van der Waals surface area contributed by atoms with Crippen molar-refractivity contribution in [1.82, 2.24) is 5.32 Å². The number of phenols is 1. The minimum atomic E-state index is -0.465. The van der Waals surface area contributed by atoms with Crippen LogP contribution in [0.1, 0.15) is 27.1 Å². The van der Waals surface area contributed by atoms with Crippen molar-refractivity contribution in [2.24, 2.45) is 5.73 Å². The van der Waals surface area contributed by atoms with Crippen LogP contribution in [0.3, 0.4) is 0 Å². The van der Waals surface area contributed by atoms with Gasteiger partial charge in [-0.25, -0.2) is 0 Å². The molecule has 42 heavy (non-hydrogen) atoms. The second-order valence-corrected chi connectivity index (χ2v) is 10.0. The number of carbonyl (C=O) groups excluding carboxylic acids is 2. The molecule has 0 heterocycles. The van der Waals surface area contributed by atoms with E-state index < -0.39 is 5.91 Å². The zero-order chi connectivity index (χ0) is 29.5. The van der Waals surface area contributed by atoms with Crippen molar-refractivity contribution in [1.29, 1.82) is 0 Å². The molecule has 5 rings (SSSR count). The lowest BCUT2D eigenvalue weighted by molar-refractivity contribution is 0.0940. The maximum atomic E-state index is 13.3. The standard InChI is InChI=1S/C33H30ClN3O5/c34-24-11-13-28(29(38)20-24)37-33(40)27-18-22-7-1-2-8-23(22)19-30(27)41-17-15-36-32(39)26-12-10-21-6-3-4-9-25(21)31(26)42-16-5-14-35/h1-4,6-13,18-20,38H,5,14-17,35H2,(H,36,39)(H,37,40). The number of hydrogen-bond acceptors (Lipinski definition) is 6. The molecule has 0 aromatic heterocycles. The molecule has 0 saturated carbocycles. The maximum absolute atomic E-state index is 13.3. The third-order valence-corrected chi connectivity index (χ3v) is 6.90. The van der Waals surface area contributed by atoms with Gasteiger partial charge in [0.2, 0.25) is 0 Å². The molecule has 0 radical (unpaired) electrons. The quantitative estimate of drug-likeness (QED) is 0.109. The Labute approximate surface area is 248 Å². The monoisotopic (exact) mass is 583 g/mol. The van der Waals surface area contributed by atoms with Crippen LogP contribution in [0.2, 0.25) is 5.02 Å². The first-order valence-electron chi connectivity index (χ1n) is 13.5. The molecule has 8 nitrogen and oxygen atoms in total. The second-order valence-electron chi connectivity index (χ2n) is 9.57. The lowest BCUT2D eigenvalue weighted by atomic mass is 10.0. The molecule has 0 fully saturated rings. The topological polar surface area (TPSA) is 123 Å². The van der Waals surface area contributed by atoms with E-state index in [1.165, 1.54) is 12.1 Å². The highest BCUT2D eigenvalue weighted by Crippen LogP contribution is 2.32. The summed E-state index contributed by atoms with van der Waals surface area (Å²) in [6.45, 7) is 1.17. The van der Waals surface area contributed by atoms with Gasteiger partial charge >= 0.3 is 0 Å². The molecular formula is C33H30ClN3O5. The molecule has 0 aliphatic rings. The molecule has 5 aromatic rings. The summed E-state index contributed by atoms with van der Waals surface area (Å²) < 4.78 is 12.0. The van der Waals surface area contributed by atoms with Crippen LogP contribution in [-0.4, -0.2) is 43.2 Å². The molecule has 0 bridgehead atoms. The molecule has 0 spiro atoms. The van der Waals surface area contributed by atoms with Crippen LogP contribution in [0.5, 0.6) is 17.2 Å². The Morgan fingerprint density at radius 1 is 0.786 bits per heavy atom. The average molecular weight is 584 g/mol. The van der Waals surface area contributed by atoms with E-state index >= 15 is 0 Å². The number of rotatable bonds is 11. The van der Waals surface area contributed by atoms with Gasteiger partial charge in [0.25, 0.3) is 11.8 Å². The van der Waals surface area contributed by atoms with Gasteiger partial charge < -0.3 is 30.9 Å². The number of ether oxygens (including phenoxy) is 2. The molecule has 5 aromatic carbocycles. The summed E-state index contributed by atoms with van der Waals surface area (Å²) >= 11 is 5.92. The van der Waals surface area contributed by atoms with Crippen LogP contribution in [0, 0.1) is 0 Å². The lowest BCUT2D eigenvalue weighted by Gasteiger charge is -2.16. The van der Waals surface area contributed by atoms with Crippen LogP contribution in [0.25, 0.3) is 21.5 Å². The van der Waals surface area contributed by atoms with Crippen LogP contribution in [0.4, 0.5) is 5.69 Å². The van der Waals surface area contributed by atoms with Crippen molar-refractivity contribution >= 4 is 50.6 Å². The molecule has 214 valence electrons. The first kappa shape index (κ1) is 28.7. The number of hydrogen-bond donors (Lipinski definition) is 4. The van der Waals surface area contributed by atoms with E-state index in [-0.39, 0.29) is 36.1 Å². The van der Waals surface area contributed by atoms with E-state index in [0.29, 0.717) is 41.7 Å². The van der Waals surface area contributed by atoms with E-state index in [1.807, 2.05) is 54.6 Å². The number of nitrogens with two attached hydrogens (primary N) is 1. The summed E-state index contributed by atoms with van der Waals surface area (Å²) in [5.74, 6) is -0.0687. The first-order valence-corrected chi connectivity index (χ1v) is 13.9. The van der Waals surface area contributed by atoms with Gasteiger partial charge in [0.1, 0.15) is 23.9 Å². The zero-order valence-electron chi connectivity index (χ0n) is 22.7. The molecule has 0 aliphatic carbocycles. The normalized spacial score (nSPS) is 10.9. The van der Waals surface area contributed by atoms with Gasteiger partial charge in [0, 0.05) is 16.5 Å². The summed E-state index contributed by atoms with van der Waals surface area (Å²) in [6, 6.07) is 26.9. The highest BCUT2D eigenvalue weighted by Gasteiger charge is 2.18. The predicted octanol–water partition coefficient (Wildman–Crippen LogP) is 6.14. The van der Waals surface area contributed by atoms with E-state index in [4.69, 9.17) is 26.8 Å². The molecular weight excluding hydrogens is 554 g/mol. The third-order valence-electron chi connectivity index (χ3n) is 6.66. The number of carbonyl (C=O) groups is 2. The smallest absolute Gasteiger partial charge is 0.259 e. The van der Waals surface area contributed by atoms with Gasteiger partial charge in [0.05, 0.1) is 30.0 Å². The van der Waals surface area contributed by atoms with Crippen LogP contribution >= 0.6 is 11.6 Å². The van der Waals surface area contributed by atoms with Gasteiger partial charge in [-0.05, 0) is 59.5 Å². The Morgan fingerprint density at radius 3 is 2.29 bits per heavy atom. The van der Waals surface area contributed by atoms with Crippen molar-refractivity contribution in [3.05, 3.63) is 107 Å². The Bertz CT molecular complexity index is 1760. The number of amides is 2. The van der Waals surface area contributed by atoms with E-state index in [1.54, 1.807) is 24.3 Å². The molecule has 0 aliphatic heterocycles. The highest BCUT2D eigenvalue weighted by molar-refractivity contribution is 6.30. The number of halogens is 1. The van der Waals surface area contributed by atoms with Crippen LogP contribution in [0.15, 0.2) is 91.0 Å². The van der Waals surface area contributed by atoms with Gasteiger partial charge in [0.15, 0.2) is 0 Å². The van der Waals surface area contributed by atoms with Crippen molar-refractivity contribution in [3.63, 3.8) is 0 Å². The summed E-state index contributed by atoms with van der Waals surface area (Å²) in [7, 11) is 0. The lowest BCUT2D eigenvalue weighted by Crippen LogP contribution is -2.29. The number of anilines is 1. The number of aromatic hydroxyl groups is 1. The molecule has 2 amide bonds. The minimum absolute atomic E-state index is 0.105.